The summed E-state index contributed by atoms with van der Waals surface area (Å²) < 4.78 is 4.98. The van der Waals surface area contributed by atoms with Gasteiger partial charge in [-0.1, -0.05) is 17.7 Å². The molecule has 0 aliphatic carbocycles. The highest BCUT2D eigenvalue weighted by molar-refractivity contribution is 6.30. The van der Waals surface area contributed by atoms with E-state index < -0.39 is 5.97 Å². The fourth-order valence-corrected chi connectivity index (χ4v) is 2.43. The van der Waals surface area contributed by atoms with Gasteiger partial charge in [-0.2, -0.15) is 0 Å². The Morgan fingerprint density at radius 3 is 2.52 bits per heavy atom. The summed E-state index contributed by atoms with van der Waals surface area (Å²) in [5, 5.41) is 19.3. The zero-order valence-electron chi connectivity index (χ0n) is 12.4. The van der Waals surface area contributed by atoms with Gasteiger partial charge in [-0.15, -0.1) is 0 Å². The first-order valence-corrected chi connectivity index (χ1v) is 7.18. The van der Waals surface area contributed by atoms with Crippen molar-refractivity contribution in [1.29, 1.82) is 0 Å². The number of hydrogen-bond acceptors (Lipinski definition) is 4. The average Bonchev–Trinajstić information content (AvgIpc) is 2.50. The summed E-state index contributed by atoms with van der Waals surface area (Å²) in [6.07, 6.45) is 0.0665. The number of hydrogen-bond donors (Lipinski definition) is 2. The van der Waals surface area contributed by atoms with Crippen molar-refractivity contribution in [3.8, 4) is 11.5 Å². The number of phenols is 1. The van der Waals surface area contributed by atoms with E-state index in [1.165, 1.54) is 37.4 Å². The van der Waals surface area contributed by atoms with Crippen LogP contribution >= 0.6 is 11.6 Å². The number of methoxy groups -OCH3 is 1. The van der Waals surface area contributed by atoms with Crippen molar-refractivity contribution >= 4 is 23.4 Å². The molecule has 2 aromatic rings. The minimum atomic E-state index is -1.12. The van der Waals surface area contributed by atoms with Crippen LogP contribution in [0.25, 0.3) is 0 Å². The molecule has 0 heterocycles. The van der Waals surface area contributed by atoms with Gasteiger partial charge in [0.05, 0.1) is 7.11 Å². The number of phenolic OH excluding ortho intramolecular Hbond substituents is 1. The summed E-state index contributed by atoms with van der Waals surface area (Å²) in [7, 11) is 1.38. The van der Waals surface area contributed by atoms with Crippen molar-refractivity contribution in [2.24, 2.45) is 0 Å². The van der Waals surface area contributed by atoms with E-state index in [0.717, 1.165) is 0 Å². The highest BCUT2D eigenvalue weighted by Crippen LogP contribution is 2.23. The summed E-state index contributed by atoms with van der Waals surface area (Å²) >= 11 is 5.85. The zero-order chi connectivity index (χ0) is 17.0. The molecule has 0 bridgehead atoms. The quantitative estimate of drug-likeness (QED) is 0.848. The monoisotopic (exact) mass is 334 g/mol. The maximum Gasteiger partial charge on any atom is 0.339 e. The number of carbonyl (C=O) groups is 2. The molecule has 0 aromatic heterocycles. The maximum absolute atomic E-state index is 12.1. The standard InChI is InChI=1S/C17H15ClO5/c1-23-16-5-2-10(7-14(16)17(21)22)6-13(19)9-11-8-12(18)3-4-15(11)20/h2-5,7-8,20H,6,9H2,1H3,(H,21,22). The summed E-state index contributed by atoms with van der Waals surface area (Å²) in [4.78, 5) is 23.3. The van der Waals surface area contributed by atoms with Crippen molar-refractivity contribution in [3.63, 3.8) is 0 Å². The third-order valence-electron chi connectivity index (χ3n) is 3.32. The van der Waals surface area contributed by atoms with Crippen LogP contribution in [0.5, 0.6) is 11.5 Å². The van der Waals surface area contributed by atoms with Crippen molar-refractivity contribution in [3.05, 3.63) is 58.1 Å². The van der Waals surface area contributed by atoms with E-state index in [9.17, 15) is 14.7 Å². The molecule has 0 saturated heterocycles. The summed E-state index contributed by atoms with van der Waals surface area (Å²) in [5.74, 6) is -1.04. The smallest absolute Gasteiger partial charge is 0.339 e. The van der Waals surface area contributed by atoms with Crippen LogP contribution < -0.4 is 4.74 Å². The van der Waals surface area contributed by atoms with Gasteiger partial charge < -0.3 is 14.9 Å². The second-order valence-electron chi connectivity index (χ2n) is 5.01. The second-order valence-corrected chi connectivity index (χ2v) is 5.44. The lowest BCUT2D eigenvalue weighted by Gasteiger charge is -2.08. The molecule has 0 radical (unpaired) electrons. The molecule has 0 amide bonds. The number of ketones is 1. The van der Waals surface area contributed by atoms with Crippen molar-refractivity contribution in [2.45, 2.75) is 12.8 Å². The molecular weight excluding hydrogens is 320 g/mol. The minimum Gasteiger partial charge on any atom is -0.508 e. The Morgan fingerprint density at radius 1 is 1.13 bits per heavy atom. The van der Waals surface area contributed by atoms with Gasteiger partial charge >= 0.3 is 5.97 Å². The zero-order valence-corrected chi connectivity index (χ0v) is 13.1. The first-order valence-electron chi connectivity index (χ1n) is 6.80. The predicted molar refractivity (Wildman–Crippen MR) is 85.5 cm³/mol. The van der Waals surface area contributed by atoms with Gasteiger partial charge in [-0.3, -0.25) is 4.79 Å². The van der Waals surface area contributed by atoms with Gasteiger partial charge in [0.1, 0.15) is 22.8 Å². The van der Waals surface area contributed by atoms with Gasteiger partial charge in [0.25, 0.3) is 0 Å². The van der Waals surface area contributed by atoms with E-state index in [4.69, 9.17) is 21.4 Å². The van der Waals surface area contributed by atoms with E-state index in [-0.39, 0.29) is 35.7 Å². The lowest BCUT2D eigenvalue weighted by Crippen LogP contribution is -2.08. The molecule has 0 aliphatic rings. The normalized spacial score (nSPS) is 10.3. The van der Waals surface area contributed by atoms with Gasteiger partial charge in [0.2, 0.25) is 0 Å². The highest BCUT2D eigenvalue weighted by Gasteiger charge is 2.14. The SMILES string of the molecule is COc1ccc(CC(=O)Cc2cc(Cl)ccc2O)cc1C(=O)O. The molecule has 5 nitrogen and oxygen atoms in total. The molecule has 0 atom stereocenters. The van der Waals surface area contributed by atoms with E-state index in [1.54, 1.807) is 6.07 Å². The van der Waals surface area contributed by atoms with E-state index in [1.807, 2.05) is 0 Å². The number of aromatic hydroxyl groups is 1. The van der Waals surface area contributed by atoms with Crippen LogP contribution in [0.4, 0.5) is 0 Å². The number of carbonyl (C=O) groups excluding carboxylic acids is 1. The second kappa shape index (κ2) is 7.15. The Kier molecular flexibility index (Phi) is 5.24. The topological polar surface area (TPSA) is 83.8 Å². The number of halogens is 1. The predicted octanol–water partition coefficient (Wildman–Crippen LogP) is 3.11. The van der Waals surface area contributed by atoms with Crippen LogP contribution in [0.2, 0.25) is 5.02 Å². The number of Topliss-reactive ketones (excluding diaryl/α,β-unsaturated/α-hetero) is 1. The fraction of sp³-hybridized carbons (Fsp3) is 0.176. The van der Waals surface area contributed by atoms with Gasteiger partial charge in [-0.05, 0) is 35.9 Å². The molecule has 0 unspecified atom stereocenters. The van der Waals surface area contributed by atoms with E-state index in [2.05, 4.69) is 0 Å². The number of aromatic carboxylic acids is 1. The Morgan fingerprint density at radius 2 is 1.87 bits per heavy atom. The summed E-state index contributed by atoms with van der Waals surface area (Å²) in [5.41, 5.74) is 1.01. The highest BCUT2D eigenvalue weighted by atomic mass is 35.5. The number of carboxylic acid groups (broad SMARTS) is 1. The minimum absolute atomic E-state index is 0.00315. The molecule has 0 fully saturated rings. The van der Waals surface area contributed by atoms with Crippen molar-refractivity contribution in [2.75, 3.05) is 7.11 Å². The average molecular weight is 335 g/mol. The summed E-state index contributed by atoms with van der Waals surface area (Å²) in [6, 6.07) is 9.07. The molecule has 0 saturated carbocycles. The number of carboxylic acids is 1. The third-order valence-corrected chi connectivity index (χ3v) is 3.56. The van der Waals surface area contributed by atoms with Crippen LogP contribution in [-0.4, -0.2) is 29.1 Å². The Balaban J connectivity index is 2.15. The molecular formula is C17H15ClO5. The lowest BCUT2D eigenvalue weighted by molar-refractivity contribution is -0.117. The third kappa shape index (κ3) is 4.23. The van der Waals surface area contributed by atoms with Crippen molar-refractivity contribution in [1.82, 2.24) is 0 Å². The van der Waals surface area contributed by atoms with Crippen LogP contribution in [0.15, 0.2) is 36.4 Å². The van der Waals surface area contributed by atoms with Crippen LogP contribution in [0.3, 0.4) is 0 Å². The largest absolute Gasteiger partial charge is 0.508 e. The first kappa shape index (κ1) is 16.8. The molecule has 0 spiro atoms. The van der Waals surface area contributed by atoms with E-state index in [0.29, 0.717) is 16.1 Å². The first-order chi connectivity index (χ1) is 10.9. The summed E-state index contributed by atoms with van der Waals surface area (Å²) in [6.45, 7) is 0. The van der Waals surface area contributed by atoms with Gasteiger partial charge in [0, 0.05) is 23.4 Å². The molecule has 120 valence electrons. The number of rotatable bonds is 6. The van der Waals surface area contributed by atoms with Crippen LogP contribution in [0, 0.1) is 0 Å². The Labute approximate surface area is 138 Å². The lowest BCUT2D eigenvalue weighted by atomic mass is 10.0. The van der Waals surface area contributed by atoms with Gasteiger partial charge in [0.15, 0.2) is 0 Å². The van der Waals surface area contributed by atoms with Crippen molar-refractivity contribution < 1.29 is 24.5 Å². The molecule has 6 heteroatoms. The fourth-order valence-electron chi connectivity index (χ4n) is 2.23. The maximum atomic E-state index is 12.1. The van der Waals surface area contributed by atoms with E-state index >= 15 is 0 Å². The molecule has 2 N–H and O–H groups in total. The Bertz CT molecular complexity index is 755. The number of benzene rings is 2. The van der Waals surface area contributed by atoms with Crippen LogP contribution in [0.1, 0.15) is 21.5 Å². The molecule has 0 aliphatic heterocycles. The molecule has 2 rings (SSSR count). The van der Waals surface area contributed by atoms with Gasteiger partial charge in [-0.25, -0.2) is 4.79 Å². The number of ether oxygens (including phenoxy) is 1. The Hall–Kier alpha value is -2.53. The molecule has 2 aromatic carbocycles. The molecule has 23 heavy (non-hydrogen) atoms. The van der Waals surface area contributed by atoms with Crippen LogP contribution in [-0.2, 0) is 17.6 Å².